The summed E-state index contributed by atoms with van der Waals surface area (Å²) in [6.07, 6.45) is 2.96. The second-order valence-electron chi connectivity index (χ2n) is 6.49. The summed E-state index contributed by atoms with van der Waals surface area (Å²) in [7, 11) is 0. The molecular weight excluding hydrogens is 328 g/mol. The van der Waals surface area contributed by atoms with E-state index >= 15 is 0 Å². The van der Waals surface area contributed by atoms with Gasteiger partial charge in [0.2, 0.25) is 5.91 Å². The molecule has 1 fully saturated rings. The van der Waals surface area contributed by atoms with Gasteiger partial charge in [0, 0.05) is 10.9 Å². The molecule has 4 heteroatoms. The van der Waals surface area contributed by atoms with Crippen LogP contribution in [0.2, 0.25) is 0 Å². The van der Waals surface area contributed by atoms with Gasteiger partial charge >= 0.3 is 0 Å². The van der Waals surface area contributed by atoms with E-state index in [2.05, 4.69) is 34.6 Å². The first-order valence-electron chi connectivity index (χ1n) is 8.62. The fourth-order valence-electron chi connectivity index (χ4n) is 3.38. The van der Waals surface area contributed by atoms with Crippen LogP contribution in [0.1, 0.15) is 30.5 Å². The minimum atomic E-state index is -0.348. The first-order chi connectivity index (χ1) is 12.3. The first kappa shape index (κ1) is 16.0. The molecule has 0 spiro atoms. The van der Waals surface area contributed by atoms with E-state index in [1.165, 1.54) is 0 Å². The number of carbonyl (C=O) groups is 1. The maximum absolute atomic E-state index is 12.9. The van der Waals surface area contributed by atoms with E-state index in [0.717, 1.165) is 41.1 Å². The van der Waals surface area contributed by atoms with Crippen LogP contribution >= 0.6 is 11.3 Å². The number of aromatic nitrogens is 1. The van der Waals surface area contributed by atoms with E-state index in [1.54, 1.807) is 11.3 Å². The SMILES string of the molecule is O=C(NCc1csc(-c2ccccc2)n1)C1(c2ccccc2)CCC1. The Labute approximate surface area is 151 Å². The fourth-order valence-corrected chi connectivity index (χ4v) is 4.20. The fraction of sp³-hybridized carbons (Fsp3) is 0.238. The van der Waals surface area contributed by atoms with Gasteiger partial charge in [0.15, 0.2) is 0 Å². The average molecular weight is 348 g/mol. The number of thiazole rings is 1. The van der Waals surface area contributed by atoms with Gasteiger partial charge in [-0.05, 0) is 18.4 Å². The molecule has 3 aromatic rings. The zero-order valence-corrected chi connectivity index (χ0v) is 14.8. The van der Waals surface area contributed by atoms with Crippen molar-refractivity contribution in [2.75, 3.05) is 0 Å². The van der Waals surface area contributed by atoms with Crippen molar-refractivity contribution in [3.63, 3.8) is 0 Å². The van der Waals surface area contributed by atoms with Gasteiger partial charge in [0.25, 0.3) is 0 Å². The monoisotopic (exact) mass is 348 g/mol. The Morgan fingerprint density at radius 1 is 1.04 bits per heavy atom. The Balaban J connectivity index is 1.45. The maximum Gasteiger partial charge on any atom is 0.230 e. The number of nitrogens with zero attached hydrogens (tertiary/aromatic N) is 1. The second kappa shape index (κ2) is 6.81. The maximum atomic E-state index is 12.9. The predicted molar refractivity (Wildman–Crippen MR) is 101 cm³/mol. The number of nitrogens with one attached hydrogen (secondary N) is 1. The van der Waals surface area contributed by atoms with Crippen LogP contribution in [0.4, 0.5) is 0 Å². The van der Waals surface area contributed by atoms with Gasteiger partial charge < -0.3 is 5.32 Å². The molecule has 1 aliphatic rings. The van der Waals surface area contributed by atoms with Crippen LogP contribution in [0.3, 0.4) is 0 Å². The number of amides is 1. The van der Waals surface area contributed by atoms with Gasteiger partial charge in [0.05, 0.1) is 17.7 Å². The lowest BCUT2D eigenvalue weighted by atomic mass is 9.64. The molecule has 25 heavy (non-hydrogen) atoms. The van der Waals surface area contributed by atoms with Gasteiger partial charge in [-0.3, -0.25) is 4.79 Å². The van der Waals surface area contributed by atoms with Crippen molar-refractivity contribution in [2.45, 2.75) is 31.2 Å². The molecule has 0 aliphatic heterocycles. The van der Waals surface area contributed by atoms with Crippen molar-refractivity contribution in [1.29, 1.82) is 0 Å². The molecule has 0 bridgehead atoms. The highest BCUT2D eigenvalue weighted by Gasteiger charge is 2.45. The Kier molecular flexibility index (Phi) is 4.36. The van der Waals surface area contributed by atoms with E-state index in [9.17, 15) is 4.79 Å². The quantitative estimate of drug-likeness (QED) is 0.735. The van der Waals surface area contributed by atoms with Crippen molar-refractivity contribution < 1.29 is 4.79 Å². The zero-order valence-electron chi connectivity index (χ0n) is 13.9. The lowest BCUT2D eigenvalue weighted by Gasteiger charge is -2.40. The molecule has 1 aliphatic carbocycles. The lowest BCUT2D eigenvalue weighted by Crippen LogP contribution is -2.49. The molecule has 1 N–H and O–H groups in total. The summed E-state index contributed by atoms with van der Waals surface area (Å²) in [5.41, 5.74) is 2.81. The molecule has 0 radical (unpaired) electrons. The summed E-state index contributed by atoms with van der Waals surface area (Å²) in [4.78, 5) is 17.5. The Morgan fingerprint density at radius 2 is 1.72 bits per heavy atom. The topological polar surface area (TPSA) is 42.0 Å². The molecule has 1 aromatic heterocycles. The summed E-state index contributed by atoms with van der Waals surface area (Å²) in [6, 6.07) is 20.3. The molecule has 1 amide bonds. The number of rotatable bonds is 5. The van der Waals surface area contributed by atoms with Crippen LogP contribution in [0, 0.1) is 0 Å². The normalized spacial score (nSPS) is 15.4. The van der Waals surface area contributed by atoms with Crippen molar-refractivity contribution in [3.8, 4) is 10.6 Å². The minimum absolute atomic E-state index is 0.124. The largest absolute Gasteiger partial charge is 0.350 e. The third kappa shape index (κ3) is 3.10. The van der Waals surface area contributed by atoms with Crippen molar-refractivity contribution in [1.82, 2.24) is 10.3 Å². The minimum Gasteiger partial charge on any atom is -0.350 e. The molecule has 3 nitrogen and oxygen atoms in total. The zero-order chi connectivity index (χ0) is 17.1. The van der Waals surface area contributed by atoms with Crippen LogP contribution in [0.15, 0.2) is 66.0 Å². The van der Waals surface area contributed by atoms with Crippen molar-refractivity contribution >= 4 is 17.2 Å². The van der Waals surface area contributed by atoms with Crippen LogP contribution in [-0.2, 0) is 16.8 Å². The van der Waals surface area contributed by atoms with E-state index in [1.807, 2.05) is 41.8 Å². The van der Waals surface area contributed by atoms with E-state index in [0.29, 0.717) is 6.54 Å². The molecule has 0 unspecified atom stereocenters. The van der Waals surface area contributed by atoms with Crippen molar-refractivity contribution in [3.05, 3.63) is 77.3 Å². The summed E-state index contributed by atoms with van der Waals surface area (Å²) >= 11 is 1.62. The molecule has 4 rings (SSSR count). The molecule has 126 valence electrons. The van der Waals surface area contributed by atoms with Crippen LogP contribution in [0.5, 0.6) is 0 Å². The predicted octanol–water partition coefficient (Wildman–Crippen LogP) is 4.55. The van der Waals surface area contributed by atoms with Crippen LogP contribution < -0.4 is 5.32 Å². The number of carbonyl (C=O) groups excluding carboxylic acids is 1. The smallest absolute Gasteiger partial charge is 0.230 e. The standard InChI is InChI=1S/C21H20N2OS/c24-20(21(12-7-13-21)17-10-5-2-6-11-17)22-14-18-15-25-19(23-18)16-8-3-1-4-9-16/h1-6,8-11,15H,7,12-14H2,(H,22,24). The van der Waals surface area contributed by atoms with Gasteiger partial charge in [-0.25, -0.2) is 4.98 Å². The van der Waals surface area contributed by atoms with Gasteiger partial charge in [-0.15, -0.1) is 11.3 Å². The third-order valence-electron chi connectivity index (χ3n) is 4.97. The molecule has 1 heterocycles. The highest BCUT2D eigenvalue weighted by Crippen LogP contribution is 2.43. The van der Waals surface area contributed by atoms with Gasteiger partial charge in [-0.1, -0.05) is 67.1 Å². The van der Waals surface area contributed by atoms with Gasteiger partial charge in [0.1, 0.15) is 5.01 Å². The lowest BCUT2D eigenvalue weighted by molar-refractivity contribution is -0.130. The summed E-state index contributed by atoms with van der Waals surface area (Å²) in [5.74, 6) is 0.124. The summed E-state index contributed by atoms with van der Waals surface area (Å²) in [5, 5.41) is 6.13. The number of benzene rings is 2. The first-order valence-corrected chi connectivity index (χ1v) is 9.50. The Hall–Kier alpha value is -2.46. The highest BCUT2D eigenvalue weighted by molar-refractivity contribution is 7.13. The summed E-state index contributed by atoms with van der Waals surface area (Å²) in [6.45, 7) is 0.483. The highest BCUT2D eigenvalue weighted by atomic mass is 32.1. The Morgan fingerprint density at radius 3 is 2.36 bits per heavy atom. The number of hydrogen-bond acceptors (Lipinski definition) is 3. The van der Waals surface area contributed by atoms with E-state index in [4.69, 9.17) is 0 Å². The average Bonchev–Trinajstić information content (AvgIpc) is 3.10. The van der Waals surface area contributed by atoms with E-state index in [-0.39, 0.29) is 11.3 Å². The number of hydrogen-bond donors (Lipinski definition) is 1. The molecular formula is C21H20N2OS. The van der Waals surface area contributed by atoms with Crippen molar-refractivity contribution in [2.24, 2.45) is 0 Å². The molecule has 0 saturated heterocycles. The summed E-state index contributed by atoms with van der Waals surface area (Å²) < 4.78 is 0. The molecule has 0 atom stereocenters. The van der Waals surface area contributed by atoms with Gasteiger partial charge in [-0.2, -0.15) is 0 Å². The van der Waals surface area contributed by atoms with Crippen LogP contribution in [0.25, 0.3) is 10.6 Å². The Bertz CT molecular complexity index is 854. The second-order valence-corrected chi connectivity index (χ2v) is 7.35. The van der Waals surface area contributed by atoms with E-state index < -0.39 is 0 Å². The molecule has 2 aromatic carbocycles. The van der Waals surface area contributed by atoms with Crippen LogP contribution in [-0.4, -0.2) is 10.9 Å². The third-order valence-corrected chi connectivity index (χ3v) is 5.91. The molecule has 1 saturated carbocycles.